The minimum Gasteiger partial charge on any atom is -0.345 e. The Labute approximate surface area is 102 Å². The van der Waals surface area contributed by atoms with Crippen LogP contribution in [0.25, 0.3) is 0 Å². The number of unbranched alkanes of at least 4 members (excludes halogenated alkanes) is 1. The molecule has 0 aromatic carbocycles. The van der Waals surface area contributed by atoms with Gasteiger partial charge in [0.15, 0.2) is 5.79 Å². The molecule has 0 saturated carbocycles. The molecule has 0 radical (unpaired) electrons. The summed E-state index contributed by atoms with van der Waals surface area (Å²) in [5.41, 5.74) is -0.346. The summed E-state index contributed by atoms with van der Waals surface area (Å²) in [4.78, 5) is 0. The van der Waals surface area contributed by atoms with Crippen molar-refractivity contribution in [3.8, 4) is 0 Å². The predicted molar refractivity (Wildman–Crippen MR) is 69.6 cm³/mol. The van der Waals surface area contributed by atoms with Crippen LogP contribution in [-0.4, -0.2) is 17.0 Å². The van der Waals surface area contributed by atoms with Crippen LogP contribution in [0.4, 0.5) is 0 Å². The summed E-state index contributed by atoms with van der Waals surface area (Å²) in [7, 11) is 0. The van der Waals surface area contributed by atoms with Crippen LogP contribution in [0.3, 0.4) is 0 Å². The van der Waals surface area contributed by atoms with Gasteiger partial charge in [-0.15, -0.1) is 0 Å². The van der Waals surface area contributed by atoms with Crippen LogP contribution in [0.1, 0.15) is 74.7 Å². The highest BCUT2D eigenvalue weighted by Crippen LogP contribution is 2.30. The standard InChI is InChI=1S/C14H30O2/c1-9-10-11-14(8,15-12(2,3)4)16-13(5,6)7/h9-11H2,1-8H3. The molecule has 0 aromatic heterocycles. The molecule has 0 aliphatic carbocycles. The smallest absolute Gasteiger partial charge is 0.166 e. The van der Waals surface area contributed by atoms with Gasteiger partial charge in [0.2, 0.25) is 0 Å². The third-order valence-corrected chi connectivity index (χ3v) is 2.03. The lowest BCUT2D eigenvalue weighted by molar-refractivity contribution is -0.304. The molecule has 98 valence electrons. The van der Waals surface area contributed by atoms with Gasteiger partial charge < -0.3 is 9.47 Å². The normalized spacial score (nSPS) is 14.2. The summed E-state index contributed by atoms with van der Waals surface area (Å²) in [6.07, 6.45) is 3.23. The predicted octanol–water partition coefficient (Wildman–Crippen LogP) is 4.52. The minimum absolute atomic E-state index is 0.173. The molecule has 0 aliphatic heterocycles. The molecule has 0 saturated heterocycles. The van der Waals surface area contributed by atoms with Gasteiger partial charge >= 0.3 is 0 Å². The summed E-state index contributed by atoms with van der Waals surface area (Å²) < 4.78 is 12.2. The first-order valence-electron chi connectivity index (χ1n) is 6.38. The average molecular weight is 230 g/mol. The number of hydrogen-bond donors (Lipinski definition) is 0. The highest BCUT2D eigenvalue weighted by atomic mass is 16.7. The monoisotopic (exact) mass is 230 g/mol. The Morgan fingerprint density at radius 1 is 0.750 bits per heavy atom. The van der Waals surface area contributed by atoms with Crippen LogP contribution in [0.5, 0.6) is 0 Å². The van der Waals surface area contributed by atoms with E-state index in [4.69, 9.17) is 9.47 Å². The molecule has 2 nitrogen and oxygen atoms in total. The zero-order valence-electron chi connectivity index (χ0n) is 12.4. The number of rotatable bonds is 5. The first-order chi connectivity index (χ1) is 6.97. The molecule has 0 spiro atoms. The maximum absolute atomic E-state index is 6.08. The molecule has 0 fully saturated rings. The molecule has 0 N–H and O–H groups in total. The van der Waals surface area contributed by atoms with Gasteiger partial charge in [0.25, 0.3) is 0 Å². The Morgan fingerprint density at radius 2 is 1.12 bits per heavy atom. The van der Waals surface area contributed by atoms with Crippen LogP contribution in [0, 0.1) is 0 Å². The third-order valence-electron chi connectivity index (χ3n) is 2.03. The summed E-state index contributed by atoms with van der Waals surface area (Å²) >= 11 is 0. The van der Waals surface area contributed by atoms with E-state index in [0.717, 1.165) is 19.3 Å². The Hall–Kier alpha value is -0.0800. The average Bonchev–Trinajstić information content (AvgIpc) is 1.93. The van der Waals surface area contributed by atoms with E-state index in [1.165, 1.54) is 0 Å². The molecule has 0 aromatic rings. The van der Waals surface area contributed by atoms with Gasteiger partial charge in [-0.1, -0.05) is 13.3 Å². The minimum atomic E-state index is -0.480. The number of ether oxygens (including phenoxy) is 2. The van der Waals surface area contributed by atoms with Crippen molar-refractivity contribution in [1.82, 2.24) is 0 Å². The van der Waals surface area contributed by atoms with E-state index in [-0.39, 0.29) is 11.2 Å². The van der Waals surface area contributed by atoms with E-state index < -0.39 is 5.79 Å². The summed E-state index contributed by atoms with van der Waals surface area (Å²) in [5, 5.41) is 0. The van der Waals surface area contributed by atoms with Crippen molar-refractivity contribution in [2.45, 2.75) is 91.6 Å². The fourth-order valence-corrected chi connectivity index (χ4v) is 1.92. The number of hydrogen-bond acceptors (Lipinski definition) is 2. The van der Waals surface area contributed by atoms with E-state index in [0.29, 0.717) is 0 Å². The Bertz CT molecular complexity index is 180. The Morgan fingerprint density at radius 3 is 1.38 bits per heavy atom. The van der Waals surface area contributed by atoms with Crippen molar-refractivity contribution in [1.29, 1.82) is 0 Å². The summed E-state index contributed by atoms with van der Waals surface area (Å²) in [5.74, 6) is -0.480. The fourth-order valence-electron chi connectivity index (χ4n) is 1.92. The van der Waals surface area contributed by atoms with E-state index in [1.807, 2.05) is 0 Å². The van der Waals surface area contributed by atoms with Gasteiger partial charge in [-0.05, 0) is 54.9 Å². The zero-order valence-corrected chi connectivity index (χ0v) is 12.4. The molecular weight excluding hydrogens is 200 g/mol. The summed E-state index contributed by atoms with van der Waals surface area (Å²) in [6, 6.07) is 0. The lowest BCUT2D eigenvalue weighted by Gasteiger charge is -2.41. The van der Waals surface area contributed by atoms with E-state index in [9.17, 15) is 0 Å². The Balaban J connectivity index is 4.61. The Kier molecular flexibility index (Phi) is 5.48. The van der Waals surface area contributed by atoms with Gasteiger partial charge in [0, 0.05) is 6.42 Å². The van der Waals surface area contributed by atoms with Gasteiger partial charge in [-0.3, -0.25) is 0 Å². The molecule has 2 heteroatoms. The molecule has 0 amide bonds. The van der Waals surface area contributed by atoms with Crippen molar-refractivity contribution in [2.24, 2.45) is 0 Å². The van der Waals surface area contributed by atoms with Crippen LogP contribution in [0.15, 0.2) is 0 Å². The highest BCUT2D eigenvalue weighted by Gasteiger charge is 2.34. The van der Waals surface area contributed by atoms with Gasteiger partial charge in [-0.25, -0.2) is 0 Å². The molecule has 0 aliphatic rings. The molecule has 16 heavy (non-hydrogen) atoms. The van der Waals surface area contributed by atoms with Crippen LogP contribution in [0.2, 0.25) is 0 Å². The second-order valence-corrected chi connectivity index (χ2v) is 6.67. The molecular formula is C14H30O2. The second kappa shape index (κ2) is 5.50. The zero-order chi connectivity index (χ0) is 13.0. The third kappa shape index (κ3) is 8.12. The second-order valence-electron chi connectivity index (χ2n) is 6.67. The lowest BCUT2D eigenvalue weighted by atomic mass is 10.1. The van der Waals surface area contributed by atoms with E-state index in [2.05, 4.69) is 55.4 Å². The highest BCUT2D eigenvalue weighted by molar-refractivity contribution is 4.74. The van der Waals surface area contributed by atoms with Gasteiger partial charge in [0.1, 0.15) is 0 Å². The molecule has 0 rings (SSSR count). The van der Waals surface area contributed by atoms with Crippen LogP contribution >= 0.6 is 0 Å². The SMILES string of the molecule is CCCCC(C)(OC(C)(C)C)OC(C)(C)C. The largest absolute Gasteiger partial charge is 0.345 e. The van der Waals surface area contributed by atoms with Gasteiger partial charge in [0.05, 0.1) is 11.2 Å². The molecule has 0 heterocycles. The van der Waals surface area contributed by atoms with Crippen molar-refractivity contribution >= 4 is 0 Å². The maximum atomic E-state index is 6.08. The van der Waals surface area contributed by atoms with Crippen LogP contribution in [-0.2, 0) is 9.47 Å². The van der Waals surface area contributed by atoms with Crippen molar-refractivity contribution in [2.75, 3.05) is 0 Å². The summed E-state index contributed by atoms with van der Waals surface area (Å²) in [6.45, 7) is 16.7. The first-order valence-corrected chi connectivity index (χ1v) is 6.38. The van der Waals surface area contributed by atoms with Crippen molar-refractivity contribution in [3.63, 3.8) is 0 Å². The van der Waals surface area contributed by atoms with Crippen molar-refractivity contribution in [3.05, 3.63) is 0 Å². The van der Waals surface area contributed by atoms with E-state index >= 15 is 0 Å². The quantitative estimate of drug-likeness (QED) is 0.646. The van der Waals surface area contributed by atoms with Gasteiger partial charge in [-0.2, -0.15) is 0 Å². The maximum Gasteiger partial charge on any atom is 0.166 e. The lowest BCUT2D eigenvalue weighted by Crippen LogP contribution is -2.44. The molecule has 0 bridgehead atoms. The van der Waals surface area contributed by atoms with E-state index in [1.54, 1.807) is 0 Å². The fraction of sp³-hybridized carbons (Fsp3) is 1.00. The van der Waals surface area contributed by atoms with Crippen LogP contribution < -0.4 is 0 Å². The van der Waals surface area contributed by atoms with Crippen molar-refractivity contribution < 1.29 is 9.47 Å². The first kappa shape index (κ1) is 15.9. The topological polar surface area (TPSA) is 18.5 Å². The molecule has 0 unspecified atom stereocenters. The molecule has 0 atom stereocenters.